The minimum absolute atomic E-state index is 0.241. The molecular weight excluding hydrogens is 290 g/mol. The van der Waals surface area contributed by atoms with Crippen molar-refractivity contribution < 1.29 is 9.53 Å². The molecule has 1 atom stereocenters. The summed E-state index contributed by atoms with van der Waals surface area (Å²) in [5, 5.41) is 0. The Morgan fingerprint density at radius 3 is 2.74 bits per heavy atom. The van der Waals surface area contributed by atoms with E-state index >= 15 is 0 Å². The Labute approximate surface area is 136 Å². The van der Waals surface area contributed by atoms with Crippen molar-refractivity contribution in [3.05, 3.63) is 53.0 Å². The van der Waals surface area contributed by atoms with Gasteiger partial charge in [0.05, 0.1) is 30.1 Å². The molecule has 5 heteroatoms. The molecular formula is C18H21N3O2. The molecule has 3 heterocycles. The van der Waals surface area contributed by atoms with Gasteiger partial charge in [-0.1, -0.05) is 6.07 Å². The number of esters is 1. The van der Waals surface area contributed by atoms with Crippen LogP contribution < -0.4 is 4.90 Å². The van der Waals surface area contributed by atoms with Gasteiger partial charge < -0.3 is 9.64 Å². The first-order chi connectivity index (χ1) is 11.1. The quantitative estimate of drug-likeness (QED) is 0.815. The Hall–Kier alpha value is -2.43. The number of rotatable bonds is 3. The molecule has 5 nitrogen and oxygen atoms in total. The number of anilines is 1. The van der Waals surface area contributed by atoms with Gasteiger partial charge in [0.1, 0.15) is 5.82 Å². The molecule has 0 N–H and O–H groups in total. The van der Waals surface area contributed by atoms with Gasteiger partial charge in [-0.15, -0.1) is 0 Å². The molecule has 2 aromatic heterocycles. The summed E-state index contributed by atoms with van der Waals surface area (Å²) in [6, 6.07) is 10.1. The van der Waals surface area contributed by atoms with E-state index in [2.05, 4.69) is 20.9 Å². The molecule has 0 spiro atoms. The zero-order valence-corrected chi connectivity index (χ0v) is 13.7. The summed E-state index contributed by atoms with van der Waals surface area (Å²) >= 11 is 0. The highest BCUT2D eigenvalue weighted by Gasteiger charge is 2.28. The van der Waals surface area contributed by atoms with Gasteiger partial charge in [-0.25, -0.2) is 9.78 Å². The fourth-order valence-electron chi connectivity index (χ4n) is 3.13. The van der Waals surface area contributed by atoms with Crippen LogP contribution in [-0.4, -0.2) is 29.6 Å². The summed E-state index contributed by atoms with van der Waals surface area (Å²) in [5.74, 6) is 0.542. The summed E-state index contributed by atoms with van der Waals surface area (Å²) < 4.78 is 4.78. The van der Waals surface area contributed by atoms with Gasteiger partial charge in [-0.2, -0.15) is 0 Å². The number of aromatic nitrogens is 2. The summed E-state index contributed by atoms with van der Waals surface area (Å²) in [6.45, 7) is 4.80. The van der Waals surface area contributed by atoms with Gasteiger partial charge in [0, 0.05) is 12.2 Å². The number of nitrogens with zero attached hydrogens (tertiary/aromatic N) is 3. The average Bonchev–Trinajstić information content (AvgIpc) is 3.03. The van der Waals surface area contributed by atoms with Gasteiger partial charge in [-0.05, 0) is 51.0 Å². The standard InChI is InChI=1S/C18H21N3O2/c1-12-6-4-7-15(19-12)16-8-5-11-21(16)17-10-9-14(13(2)20-17)18(22)23-3/h4,6-7,9-10,16H,5,8,11H2,1-3H3/t16-/m1/s1. The zero-order valence-electron chi connectivity index (χ0n) is 13.7. The number of carbonyl (C=O) groups excluding carboxylic acids is 1. The Morgan fingerprint density at radius 2 is 2.04 bits per heavy atom. The molecule has 0 aliphatic carbocycles. The van der Waals surface area contributed by atoms with Gasteiger partial charge in [-0.3, -0.25) is 4.98 Å². The summed E-state index contributed by atoms with van der Waals surface area (Å²) in [7, 11) is 1.38. The number of hydrogen-bond acceptors (Lipinski definition) is 5. The van der Waals surface area contributed by atoms with Crippen LogP contribution in [0.15, 0.2) is 30.3 Å². The molecule has 0 saturated carbocycles. The zero-order chi connectivity index (χ0) is 16.4. The predicted octanol–water partition coefficient (Wildman–Crippen LogP) is 3.22. The second-order valence-electron chi connectivity index (χ2n) is 5.85. The van der Waals surface area contributed by atoms with E-state index in [0.717, 1.165) is 36.6 Å². The van der Waals surface area contributed by atoms with Gasteiger partial charge in [0.2, 0.25) is 0 Å². The maximum atomic E-state index is 11.7. The number of carbonyl (C=O) groups is 1. The van der Waals surface area contributed by atoms with Crippen molar-refractivity contribution in [1.29, 1.82) is 0 Å². The van der Waals surface area contributed by atoms with Crippen molar-refractivity contribution in [2.75, 3.05) is 18.6 Å². The maximum Gasteiger partial charge on any atom is 0.339 e. The first-order valence-corrected chi connectivity index (χ1v) is 7.86. The summed E-state index contributed by atoms with van der Waals surface area (Å²) in [4.78, 5) is 23.3. The second kappa shape index (κ2) is 6.36. The van der Waals surface area contributed by atoms with Crippen LogP contribution in [0.2, 0.25) is 0 Å². The van der Waals surface area contributed by atoms with Crippen LogP contribution in [0.3, 0.4) is 0 Å². The lowest BCUT2D eigenvalue weighted by Crippen LogP contribution is -2.25. The molecule has 0 unspecified atom stereocenters. The molecule has 23 heavy (non-hydrogen) atoms. The molecule has 1 aliphatic heterocycles. The van der Waals surface area contributed by atoms with E-state index in [1.807, 2.05) is 32.0 Å². The molecule has 1 aliphatic rings. The van der Waals surface area contributed by atoms with E-state index in [1.165, 1.54) is 7.11 Å². The van der Waals surface area contributed by atoms with Crippen LogP contribution in [0.4, 0.5) is 5.82 Å². The Morgan fingerprint density at radius 1 is 1.22 bits per heavy atom. The molecule has 1 fully saturated rings. The SMILES string of the molecule is COC(=O)c1ccc(N2CCC[C@@H]2c2cccc(C)n2)nc1C. The Bertz CT molecular complexity index is 730. The molecule has 0 radical (unpaired) electrons. The van der Waals surface area contributed by atoms with E-state index in [-0.39, 0.29) is 12.0 Å². The maximum absolute atomic E-state index is 11.7. The predicted molar refractivity (Wildman–Crippen MR) is 88.6 cm³/mol. The number of ether oxygens (including phenoxy) is 1. The van der Waals surface area contributed by atoms with Crippen molar-refractivity contribution in [3.63, 3.8) is 0 Å². The monoisotopic (exact) mass is 311 g/mol. The van der Waals surface area contributed by atoms with Crippen molar-refractivity contribution in [3.8, 4) is 0 Å². The molecule has 2 aromatic rings. The van der Waals surface area contributed by atoms with Crippen molar-refractivity contribution >= 4 is 11.8 Å². The van der Waals surface area contributed by atoms with Crippen LogP contribution in [0.1, 0.15) is 46.3 Å². The number of pyridine rings is 2. The van der Waals surface area contributed by atoms with Crippen LogP contribution in [0.5, 0.6) is 0 Å². The van der Waals surface area contributed by atoms with Crippen LogP contribution in [-0.2, 0) is 4.74 Å². The summed E-state index contributed by atoms with van der Waals surface area (Å²) in [6.07, 6.45) is 2.18. The molecule has 3 rings (SSSR count). The van der Waals surface area contributed by atoms with Crippen LogP contribution in [0, 0.1) is 13.8 Å². The fraction of sp³-hybridized carbons (Fsp3) is 0.389. The lowest BCUT2D eigenvalue weighted by Gasteiger charge is -2.26. The normalized spacial score (nSPS) is 17.3. The fourth-order valence-corrected chi connectivity index (χ4v) is 3.13. The highest BCUT2D eigenvalue weighted by Crippen LogP contribution is 2.34. The third-order valence-electron chi connectivity index (χ3n) is 4.27. The second-order valence-corrected chi connectivity index (χ2v) is 5.85. The topological polar surface area (TPSA) is 55.3 Å². The average molecular weight is 311 g/mol. The Kier molecular flexibility index (Phi) is 4.28. The Balaban J connectivity index is 1.91. The van der Waals surface area contributed by atoms with Crippen LogP contribution >= 0.6 is 0 Å². The minimum atomic E-state index is -0.347. The first-order valence-electron chi connectivity index (χ1n) is 7.86. The molecule has 0 bridgehead atoms. The van der Waals surface area contributed by atoms with E-state index in [1.54, 1.807) is 6.07 Å². The molecule has 0 amide bonds. The number of methoxy groups -OCH3 is 1. The van der Waals surface area contributed by atoms with Crippen LogP contribution in [0.25, 0.3) is 0 Å². The number of aryl methyl sites for hydroxylation is 2. The van der Waals surface area contributed by atoms with E-state index < -0.39 is 0 Å². The third-order valence-corrected chi connectivity index (χ3v) is 4.27. The molecule has 1 saturated heterocycles. The molecule has 0 aromatic carbocycles. The van der Waals surface area contributed by atoms with Gasteiger partial charge in [0.15, 0.2) is 0 Å². The smallest absolute Gasteiger partial charge is 0.339 e. The highest BCUT2D eigenvalue weighted by atomic mass is 16.5. The van der Waals surface area contributed by atoms with E-state index in [4.69, 9.17) is 4.74 Å². The van der Waals surface area contributed by atoms with Gasteiger partial charge in [0.25, 0.3) is 0 Å². The minimum Gasteiger partial charge on any atom is -0.465 e. The first kappa shape index (κ1) is 15.5. The third kappa shape index (κ3) is 3.04. The lowest BCUT2D eigenvalue weighted by atomic mass is 10.1. The van der Waals surface area contributed by atoms with Gasteiger partial charge >= 0.3 is 5.97 Å². The molecule has 120 valence electrons. The van der Waals surface area contributed by atoms with Crippen molar-refractivity contribution in [2.45, 2.75) is 32.7 Å². The number of hydrogen-bond donors (Lipinski definition) is 0. The van der Waals surface area contributed by atoms with E-state index in [9.17, 15) is 4.79 Å². The summed E-state index contributed by atoms with van der Waals surface area (Å²) in [5.41, 5.74) is 3.32. The highest BCUT2D eigenvalue weighted by molar-refractivity contribution is 5.90. The lowest BCUT2D eigenvalue weighted by molar-refractivity contribution is 0.0599. The van der Waals surface area contributed by atoms with E-state index in [0.29, 0.717) is 11.3 Å². The largest absolute Gasteiger partial charge is 0.465 e. The van der Waals surface area contributed by atoms with Crippen molar-refractivity contribution in [1.82, 2.24) is 9.97 Å². The van der Waals surface area contributed by atoms with Crippen molar-refractivity contribution in [2.24, 2.45) is 0 Å².